The van der Waals surface area contributed by atoms with Crippen LogP contribution in [0.25, 0.3) is 11.6 Å². The Balaban J connectivity index is 1.85. The van der Waals surface area contributed by atoms with E-state index in [9.17, 15) is 4.79 Å². The Labute approximate surface area is 183 Å². The van der Waals surface area contributed by atoms with Crippen molar-refractivity contribution in [1.29, 1.82) is 0 Å². The number of hydrogen-bond acceptors (Lipinski definition) is 6. The molecule has 0 saturated heterocycles. The molecule has 0 bridgehead atoms. The van der Waals surface area contributed by atoms with Gasteiger partial charge in [-0.2, -0.15) is 0 Å². The van der Waals surface area contributed by atoms with E-state index in [0.29, 0.717) is 30.5 Å². The third-order valence-corrected chi connectivity index (χ3v) is 4.54. The highest BCUT2D eigenvalue weighted by molar-refractivity contribution is 5.79. The number of amides is 1. The number of furan rings is 1. The molecule has 0 fully saturated rings. The number of alkyl carbamates (subject to hydrolysis) is 1. The van der Waals surface area contributed by atoms with Crippen LogP contribution in [-0.4, -0.2) is 64.4 Å². The summed E-state index contributed by atoms with van der Waals surface area (Å²) in [5, 5.41) is 13.3. The largest absolute Gasteiger partial charge is 0.461 e. The molecule has 10 heteroatoms. The van der Waals surface area contributed by atoms with Gasteiger partial charge in [0, 0.05) is 26.7 Å². The lowest BCUT2D eigenvalue weighted by atomic mass is 10.0. The number of nitrogens with zero attached hydrogens (tertiary/aromatic N) is 4. The quantitative estimate of drug-likeness (QED) is 0.432. The van der Waals surface area contributed by atoms with Crippen molar-refractivity contribution in [2.45, 2.75) is 59.2 Å². The number of nitrogens with one attached hydrogen (secondary N) is 3. The molecular weight excluding hydrogens is 398 g/mol. The van der Waals surface area contributed by atoms with Crippen molar-refractivity contribution in [1.82, 2.24) is 30.7 Å². The van der Waals surface area contributed by atoms with Crippen molar-refractivity contribution in [2.75, 3.05) is 20.6 Å². The van der Waals surface area contributed by atoms with Crippen LogP contribution in [-0.2, 0) is 11.3 Å². The number of aromatic amines is 1. The number of ether oxygens (including phenoxy) is 1. The van der Waals surface area contributed by atoms with Crippen LogP contribution < -0.4 is 10.6 Å². The lowest BCUT2D eigenvalue weighted by molar-refractivity contribution is 0.0486. The van der Waals surface area contributed by atoms with Gasteiger partial charge in [-0.3, -0.25) is 10.1 Å². The molecule has 2 heterocycles. The van der Waals surface area contributed by atoms with Crippen molar-refractivity contribution >= 4 is 12.1 Å². The van der Waals surface area contributed by atoms with Crippen LogP contribution >= 0.6 is 0 Å². The minimum Gasteiger partial charge on any atom is -0.461 e. The summed E-state index contributed by atoms with van der Waals surface area (Å²) in [6, 6.07) is 3.59. The van der Waals surface area contributed by atoms with Gasteiger partial charge in [-0.15, -0.1) is 5.10 Å². The molecule has 0 radical (unpaired) electrons. The van der Waals surface area contributed by atoms with Gasteiger partial charge in [0.2, 0.25) is 5.82 Å². The summed E-state index contributed by atoms with van der Waals surface area (Å²) in [5.74, 6) is 2.78. The Morgan fingerprint density at radius 2 is 2.13 bits per heavy atom. The van der Waals surface area contributed by atoms with Crippen LogP contribution in [0.15, 0.2) is 27.8 Å². The smallest absolute Gasteiger partial charge is 0.407 e. The molecular formula is C21H35N7O3. The second kappa shape index (κ2) is 10.8. The first-order valence-corrected chi connectivity index (χ1v) is 10.5. The molecule has 172 valence electrons. The summed E-state index contributed by atoms with van der Waals surface area (Å²) < 4.78 is 10.7. The second-order valence-electron chi connectivity index (χ2n) is 8.69. The Kier molecular flexibility index (Phi) is 8.47. The minimum absolute atomic E-state index is 0.0134. The predicted molar refractivity (Wildman–Crippen MR) is 120 cm³/mol. The molecule has 2 aromatic heterocycles. The van der Waals surface area contributed by atoms with E-state index in [1.807, 2.05) is 38.8 Å². The molecule has 0 aromatic carbocycles. The fourth-order valence-electron chi connectivity index (χ4n) is 2.91. The maximum absolute atomic E-state index is 12.1. The van der Waals surface area contributed by atoms with Crippen molar-refractivity contribution in [3.63, 3.8) is 0 Å². The van der Waals surface area contributed by atoms with Crippen LogP contribution in [0.3, 0.4) is 0 Å². The molecule has 2 rings (SSSR count). The Bertz CT molecular complexity index is 838. The number of guanidine groups is 1. The highest BCUT2D eigenvalue weighted by Crippen LogP contribution is 2.14. The van der Waals surface area contributed by atoms with E-state index in [1.165, 1.54) is 0 Å². The topological polar surface area (TPSA) is 121 Å². The average molecular weight is 434 g/mol. The van der Waals surface area contributed by atoms with E-state index < -0.39 is 11.7 Å². The van der Waals surface area contributed by atoms with Gasteiger partial charge in [0.25, 0.3) is 0 Å². The van der Waals surface area contributed by atoms with E-state index in [0.717, 1.165) is 12.4 Å². The molecule has 0 aliphatic rings. The molecule has 0 aliphatic heterocycles. The summed E-state index contributed by atoms with van der Waals surface area (Å²) in [5.41, 5.74) is -0.522. The van der Waals surface area contributed by atoms with Gasteiger partial charge < -0.3 is 24.7 Å². The van der Waals surface area contributed by atoms with Crippen LogP contribution in [0, 0.1) is 5.92 Å². The molecule has 0 aliphatic carbocycles. The number of rotatable bonds is 8. The monoisotopic (exact) mass is 433 g/mol. The minimum atomic E-state index is -0.522. The zero-order valence-electron chi connectivity index (χ0n) is 19.5. The molecule has 0 saturated carbocycles. The summed E-state index contributed by atoms with van der Waals surface area (Å²) in [6.07, 6.45) is 1.94. The molecule has 1 amide bonds. The predicted octanol–water partition coefficient (Wildman–Crippen LogP) is 3.01. The summed E-state index contributed by atoms with van der Waals surface area (Å²) in [6.45, 7) is 10.9. The summed E-state index contributed by atoms with van der Waals surface area (Å²) >= 11 is 0. The van der Waals surface area contributed by atoms with Crippen molar-refractivity contribution < 1.29 is 13.9 Å². The van der Waals surface area contributed by atoms with E-state index in [-0.39, 0.29) is 12.0 Å². The third kappa shape index (κ3) is 7.95. The highest BCUT2D eigenvalue weighted by Gasteiger charge is 2.22. The first-order chi connectivity index (χ1) is 14.6. The number of hydrogen-bond donors (Lipinski definition) is 3. The van der Waals surface area contributed by atoms with E-state index >= 15 is 0 Å². The third-order valence-electron chi connectivity index (χ3n) is 4.54. The molecule has 3 N–H and O–H groups in total. The normalized spacial score (nSPS) is 13.2. The summed E-state index contributed by atoms with van der Waals surface area (Å²) in [7, 11) is 3.68. The molecule has 1 unspecified atom stereocenters. The van der Waals surface area contributed by atoms with Gasteiger partial charge in [0.1, 0.15) is 11.4 Å². The fourth-order valence-corrected chi connectivity index (χ4v) is 2.91. The summed E-state index contributed by atoms with van der Waals surface area (Å²) in [4.78, 5) is 22.9. The number of aliphatic imine (C=N–C) groups is 1. The molecule has 2 aromatic rings. The molecule has 31 heavy (non-hydrogen) atoms. The first kappa shape index (κ1) is 24.2. The van der Waals surface area contributed by atoms with E-state index in [1.54, 1.807) is 19.4 Å². The number of H-pyrrole nitrogens is 1. The zero-order valence-corrected chi connectivity index (χ0v) is 19.5. The van der Waals surface area contributed by atoms with Crippen LogP contribution in [0.5, 0.6) is 0 Å². The van der Waals surface area contributed by atoms with Gasteiger partial charge in [-0.1, -0.05) is 13.8 Å². The van der Waals surface area contributed by atoms with Crippen LogP contribution in [0.2, 0.25) is 0 Å². The lowest BCUT2D eigenvalue weighted by Gasteiger charge is -2.28. The van der Waals surface area contributed by atoms with E-state index in [2.05, 4.69) is 44.7 Å². The Hall–Kier alpha value is -3.04. The van der Waals surface area contributed by atoms with E-state index in [4.69, 9.17) is 9.15 Å². The van der Waals surface area contributed by atoms with Crippen molar-refractivity contribution in [3.05, 3.63) is 24.2 Å². The number of carbonyl (C=O) groups excluding carboxylic acids is 1. The molecule has 1 atom stereocenters. The Morgan fingerprint density at radius 1 is 1.39 bits per heavy atom. The number of aromatic nitrogens is 3. The van der Waals surface area contributed by atoms with Gasteiger partial charge in [0.05, 0.1) is 12.8 Å². The Morgan fingerprint density at radius 3 is 2.71 bits per heavy atom. The van der Waals surface area contributed by atoms with Gasteiger partial charge in [-0.25, -0.2) is 9.78 Å². The zero-order chi connectivity index (χ0) is 23.0. The van der Waals surface area contributed by atoms with Crippen LogP contribution in [0.1, 0.15) is 46.9 Å². The first-order valence-electron chi connectivity index (χ1n) is 10.5. The SMILES string of the molecule is CN=C(NCc1nc(-c2ccco2)n[nH]1)N(C)CCC(NC(=O)OC(C)(C)C)C(C)C. The van der Waals surface area contributed by atoms with Gasteiger partial charge >= 0.3 is 6.09 Å². The standard InChI is InChI=1S/C21H35N7O3/c1-14(2)15(24-20(29)31-21(3,4)5)10-11-28(7)19(22-6)23-13-17-25-18(27-26-17)16-9-8-12-30-16/h8-9,12,14-15H,10-11,13H2,1-7H3,(H,22,23)(H,24,29)(H,25,26,27). The fraction of sp³-hybridized carbons (Fsp3) is 0.619. The second-order valence-corrected chi connectivity index (χ2v) is 8.69. The van der Waals surface area contributed by atoms with Gasteiger partial charge in [0.15, 0.2) is 11.7 Å². The lowest BCUT2D eigenvalue weighted by Crippen LogP contribution is -2.45. The molecule has 0 spiro atoms. The van der Waals surface area contributed by atoms with Gasteiger partial charge in [-0.05, 0) is 45.2 Å². The number of carbonyl (C=O) groups is 1. The van der Waals surface area contributed by atoms with Crippen molar-refractivity contribution in [2.24, 2.45) is 10.9 Å². The molecule has 10 nitrogen and oxygen atoms in total. The average Bonchev–Trinajstić information content (AvgIpc) is 3.35. The highest BCUT2D eigenvalue weighted by atomic mass is 16.6. The van der Waals surface area contributed by atoms with Crippen molar-refractivity contribution in [3.8, 4) is 11.6 Å². The van der Waals surface area contributed by atoms with Crippen LogP contribution in [0.4, 0.5) is 4.79 Å². The maximum Gasteiger partial charge on any atom is 0.407 e. The maximum atomic E-state index is 12.1.